The van der Waals surface area contributed by atoms with Gasteiger partial charge in [-0.1, -0.05) is 65.8 Å². The largest absolute Gasteiger partial charge is 0.445 e. The van der Waals surface area contributed by atoms with Crippen LogP contribution in [-0.4, -0.2) is 41.1 Å². The van der Waals surface area contributed by atoms with Crippen LogP contribution in [0.4, 0.5) is 4.79 Å². The van der Waals surface area contributed by atoms with Gasteiger partial charge in [-0.05, 0) is 27.1 Å². The lowest BCUT2D eigenvalue weighted by molar-refractivity contribution is -0.123. The highest BCUT2D eigenvalue weighted by molar-refractivity contribution is 9.18. The molecule has 2 unspecified atom stereocenters. The summed E-state index contributed by atoms with van der Waals surface area (Å²) in [5.41, 5.74) is 2.03. The molecule has 0 aromatic heterocycles. The van der Waals surface area contributed by atoms with E-state index in [4.69, 9.17) is 9.57 Å². The minimum absolute atomic E-state index is 0.138. The zero-order chi connectivity index (χ0) is 21.9. The number of hydrogen-bond donors (Lipinski definition) is 2. The van der Waals surface area contributed by atoms with Crippen molar-refractivity contribution in [2.45, 2.75) is 30.9 Å². The van der Waals surface area contributed by atoms with Gasteiger partial charge in [0.25, 0.3) is 0 Å². The number of rotatable bonds is 10. The summed E-state index contributed by atoms with van der Waals surface area (Å²) in [6.07, 6.45) is -0.256. The van der Waals surface area contributed by atoms with Crippen LogP contribution in [0.25, 0.3) is 0 Å². The van der Waals surface area contributed by atoms with Crippen molar-refractivity contribution in [2.24, 2.45) is 5.16 Å². The fourth-order valence-corrected chi connectivity index (χ4v) is 4.26. The van der Waals surface area contributed by atoms with Crippen molar-refractivity contribution in [3.05, 3.63) is 71.8 Å². The smallest absolute Gasteiger partial charge is 0.408 e. The summed E-state index contributed by atoms with van der Waals surface area (Å²) < 4.78 is 5.99. The Morgan fingerprint density at radius 1 is 1.13 bits per heavy atom. The Kier molecular flexibility index (Phi) is 9.23. The van der Waals surface area contributed by atoms with E-state index in [0.29, 0.717) is 23.3 Å². The first-order valence-electron chi connectivity index (χ1n) is 9.85. The first-order chi connectivity index (χ1) is 15.1. The highest BCUT2D eigenvalue weighted by atomic mass is 79.9. The van der Waals surface area contributed by atoms with Crippen molar-refractivity contribution >= 4 is 44.3 Å². The summed E-state index contributed by atoms with van der Waals surface area (Å²) in [7, 11) is 0. The van der Waals surface area contributed by atoms with Crippen LogP contribution in [0, 0.1) is 0 Å². The minimum atomic E-state index is -0.734. The number of nitrogens with one attached hydrogen (secondary N) is 2. The molecule has 2 aromatic rings. The summed E-state index contributed by atoms with van der Waals surface area (Å²) in [6.45, 7) is 0.442. The van der Waals surface area contributed by atoms with Crippen LogP contribution >= 0.6 is 27.7 Å². The molecule has 7 nitrogen and oxygen atoms in total. The minimum Gasteiger partial charge on any atom is -0.445 e. The van der Waals surface area contributed by atoms with Gasteiger partial charge in [-0.25, -0.2) is 4.79 Å². The van der Waals surface area contributed by atoms with E-state index in [0.717, 1.165) is 16.9 Å². The van der Waals surface area contributed by atoms with Gasteiger partial charge in [-0.3, -0.25) is 4.79 Å². The third-order valence-electron chi connectivity index (χ3n) is 4.42. The second-order valence-corrected chi connectivity index (χ2v) is 8.85. The molecule has 9 heteroatoms. The Morgan fingerprint density at radius 2 is 1.81 bits per heavy atom. The summed E-state index contributed by atoms with van der Waals surface area (Å²) in [4.78, 5) is 30.2. The number of halogens is 1. The van der Waals surface area contributed by atoms with E-state index >= 15 is 0 Å². The van der Waals surface area contributed by atoms with Crippen LogP contribution < -0.4 is 10.6 Å². The molecule has 1 aliphatic rings. The normalized spacial score (nSPS) is 16.0. The van der Waals surface area contributed by atoms with Gasteiger partial charge in [0, 0.05) is 17.9 Å². The van der Waals surface area contributed by atoms with Gasteiger partial charge in [0.2, 0.25) is 5.91 Å². The molecule has 0 radical (unpaired) electrons. The van der Waals surface area contributed by atoms with Gasteiger partial charge in [-0.15, -0.1) is 0 Å². The quantitative estimate of drug-likeness (QED) is 0.512. The molecular weight excluding hydrogens is 482 g/mol. The Labute approximate surface area is 194 Å². The van der Waals surface area contributed by atoms with E-state index in [1.165, 1.54) is 0 Å². The number of hydrogen-bond acceptors (Lipinski definition) is 6. The Bertz CT molecular complexity index is 883. The molecule has 31 heavy (non-hydrogen) atoms. The zero-order valence-electron chi connectivity index (χ0n) is 16.8. The Hall–Kier alpha value is -2.52. The lowest BCUT2D eigenvalue weighted by atomic mass is 10.2. The topological polar surface area (TPSA) is 89.0 Å². The standard InChI is InChI=1S/C22H24BrN3O4S/c23-20-11-18(30-26-20)12-24-21(27)19(15-31-14-17-9-5-2-6-10-17)25-22(28)29-13-16-7-3-1-4-8-16/h1-10,18-19H,11-15H2,(H,24,27)(H,25,28). The second-order valence-electron chi connectivity index (χ2n) is 6.90. The van der Waals surface area contributed by atoms with Gasteiger partial charge < -0.3 is 20.2 Å². The number of ether oxygens (including phenoxy) is 1. The van der Waals surface area contributed by atoms with E-state index in [-0.39, 0.29) is 18.6 Å². The lowest BCUT2D eigenvalue weighted by Gasteiger charge is -2.19. The third-order valence-corrected chi connectivity index (χ3v) is 5.99. The zero-order valence-corrected chi connectivity index (χ0v) is 19.2. The second kappa shape index (κ2) is 12.4. The van der Waals surface area contributed by atoms with E-state index in [1.54, 1.807) is 11.8 Å². The van der Waals surface area contributed by atoms with Gasteiger partial charge in [0.1, 0.15) is 17.3 Å². The number of nitrogens with zero attached hydrogens (tertiary/aromatic N) is 1. The van der Waals surface area contributed by atoms with Gasteiger partial charge in [-0.2, -0.15) is 11.8 Å². The number of benzene rings is 2. The molecule has 3 rings (SSSR count). The van der Waals surface area contributed by atoms with Crippen molar-refractivity contribution in [2.75, 3.05) is 12.3 Å². The molecule has 0 bridgehead atoms. The summed E-state index contributed by atoms with van der Waals surface area (Å²) in [6, 6.07) is 18.6. The highest BCUT2D eigenvalue weighted by Gasteiger charge is 2.25. The molecule has 164 valence electrons. The van der Waals surface area contributed by atoms with Gasteiger partial charge >= 0.3 is 6.09 Å². The Balaban J connectivity index is 1.50. The number of alkyl carbamates (subject to hydrolysis) is 1. The summed E-state index contributed by atoms with van der Waals surface area (Å²) >= 11 is 4.84. The highest BCUT2D eigenvalue weighted by Crippen LogP contribution is 2.15. The molecule has 2 aromatic carbocycles. The van der Waals surface area contributed by atoms with Gasteiger partial charge in [0.15, 0.2) is 6.10 Å². The van der Waals surface area contributed by atoms with E-state index in [9.17, 15) is 9.59 Å². The monoisotopic (exact) mass is 505 g/mol. The molecule has 2 amide bonds. The predicted molar refractivity (Wildman–Crippen MR) is 125 cm³/mol. The third kappa shape index (κ3) is 8.26. The summed E-state index contributed by atoms with van der Waals surface area (Å²) in [5.74, 6) is 0.856. The van der Waals surface area contributed by atoms with E-state index < -0.39 is 12.1 Å². The first kappa shape index (κ1) is 23.1. The van der Waals surface area contributed by atoms with Crippen LogP contribution in [0.5, 0.6) is 0 Å². The molecule has 2 atom stereocenters. The molecule has 0 spiro atoms. The maximum absolute atomic E-state index is 12.7. The summed E-state index contributed by atoms with van der Waals surface area (Å²) in [5, 5.41) is 9.33. The van der Waals surface area contributed by atoms with Crippen molar-refractivity contribution in [1.29, 1.82) is 0 Å². The number of thioether (sulfide) groups is 1. The fraction of sp³-hybridized carbons (Fsp3) is 0.318. The maximum atomic E-state index is 12.7. The van der Waals surface area contributed by atoms with Crippen LogP contribution in [0.1, 0.15) is 17.5 Å². The van der Waals surface area contributed by atoms with E-state index in [2.05, 4.69) is 31.7 Å². The molecular formula is C22H24BrN3O4S. The number of amides is 2. The average Bonchev–Trinajstić information content (AvgIpc) is 3.22. The fourth-order valence-electron chi connectivity index (χ4n) is 2.80. The molecule has 0 saturated heterocycles. The van der Waals surface area contributed by atoms with Crippen molar-refractivity contribution in [3.8, 4) is 0 Å². The SMILES string of the molecule is O=C(NC(CSCc1ccccc1)C(=O)NCC1CC(Br)=NO1)OCc1ccccc1. The molecule has 2 N–H and O–H groups in total. The van der Waals surface area contributed by atoms with Crippen LogP contribution in [0.3, 0.4) is 0 Å². The number of carbonyl (C=O) groups excluding carboxylic acids is 2. The average molecular weight is 506 g/mol. The molecule has 0 saturated carbocycles. The molecule has 0 aliphatic carbocycles. The van der Waals surface area contributed by atoms with Crippen LogP contribution in [0.2, 0.25) is 0 Å². The maximum Gasteiger partial charge on any atom is 0.408 e. The van der Waals surface area contributed by atoms with E-state index in [1.807, 2.05) is 60.7 Å². The predicted octanol–water partition coefficient (Wildman–Crippen LogP) is 3.83. The Morgan fingerprint density at radius 3 is 2.45 bits per heavy atom. The van der Waals surface area contributed by atoms with Crippen LogP contribution in [-0.2, 0) is 26.7 Å². The number of carbonyl (C=O) groups is 2. The number of oxime groups is 1. The van der Waals surface area contributed by atoms with Crippen molar-refractivity contribution in [3.63, 3.8) is 0 Å². The molecule has 0 fully saturated rings. The lowest BCUT2D eigenvalue weighted by Crippen LogP contribution is -2.49. The molecule has 1 aliphatic heterocycles. The van der Waals surface area contributed by atoms with Crippen LogP contribution in [0.15, 0.2) is 65.8 Å². The molecule has 1 heterocycles. The van der Waals surface area contributed by atoms with Crippen molar-refractivity contribution in [1.82, 2.24) is 10.6 Å². The van der Waals surface area contributed by atoms with Crippen molar-refractivity contribution < 1.29 is 19.2 Å². The van der Waals surface area contributed by atoms with Gasteiger partial charge in [0.05, 0.1) is 6.54 Å². The first-order valence-corrected chi connectivity index (χ1v) is 11.8.